The highest BCUT2D eigenvalue weighted by atomic mass is 79.9. The Morgan fingerprint density at radius 3 is 2.45 bits per heavy atom. The van der Waals surface area contributed by atoms with Gasteiger partial charge in [-0.25, -0.2) is 22.7 Å². The average molecular weight is 504 g/mol. The summed E-state index contributed by atoms with van der Waals surface area (Å²) in [5.41, 5.74) is 0. The van der Waals surface area contributed by atoms with Gasteiger partial charge in [-0.15, -0.1) is 0 Å². The van der Waals surface area contributed by atoms with Crippen molar-refractivity contribution in [2.75, 3.05) is 24.5 Å². The van der Waals surface area contributed by atoms with Crippen LogP contribution in [0.15, 0.2) is 76.9 Å². The maximum absolute atomic E-state index is 13.0. The monoisotopic (exact) mass is 503 g/mol. The Kier molecular flexibility index (Phi) is 6.38. The third-order valence-corrected chi connectivity index (χ3v) is 7.55. The summed E-state index contributed by atoms with van der Waals surface area (Å²) < 4.78 is 27.7. The first-order valence-electron chi connectivity index (χ1n) is 9.91. The van der Waals surface area contributed by atoms with Crippen molar-refractivity contribution in [2.24, 2.45) is 5.92 Å². The summed E-state index contributed by atoms with van der Waals surface area (Å²) >= 11 is 3.31. The lowest BCUT2D eigenvalue weighted by Gasteiger charge is -2.33. The number of anilines is 1. The zero-order valence-electron chi connectivity index (χ0n) is 16.7. The van der Waals surface area contributed by atoms with E-state index in [9.17, 15) is 13.2 Å². The Labute approximate surface area is 190 Å². The van der Waals surface area contributed by atoms with Gasteiger partial charge in [-0.2, -0.15) is 0 Å². The number of rotatable bonds is 4. The maximum Gasteiger partial charge on any atom is 0.267 e. The van der Waals surface area contributed by atoms with Gasteiger partial charge in [0.05, 0.1) is 4.90 Å². The number of hydrogen-bond acceptors (Lipinski definition) is 6. The van der Waals surface area contributed by atoms with E-state index in [1.807, 2.05) is 6.07 Å². The lowest BCUT2D eigenvalue weighted by atomic mass is 9.95. The molecule has 0 saturated carbocycles. The number of benzene rings is 1. The molecule has 2 aliphatic rings. The molecule has 1 aromatic heterocycles. The molecule has 31 heavy (non-hydrogen) atoms. The van der Waals surface area contributed by atoms with Crippen molar-refractivity contribution in [1.82, 2.24) is 19.2 Å². The molecule has 1 saturated heterocycles. The van der Waals surface area contributed by atoms with Gasteiger partial charge in [0.2, 0.25) is 5.91 Å². The summed E-state index contributed by atoms with van der Waals surface area (Å²) in [6.45, 7) is 1.81. The maximum atomic E-state index is 13.0. The van der Waals surface area contributed by atoms with Crippen LogP contribution in [-0.2, 0) is 14.8 Å². The van der Waals surface area contributed by atoms with Gasteiger partial charge in [-0.05, 0) is 49.2 Å². The summed E-state index contributed by atoms with van der Waals surface area (Å²) in [5.74, 6) is 0.768. The van der Waals surface area contributed by atoms with Crippen molar-refractivity contribution in [3.05, 3.63) is 72.0 Å². The Bertz CT molecular complexity index is 1080. The van der Waals surface area contributed by atoms with Crippen LogP contribution in [-0.4, -0.2) is 53.1 Å². The Hall–Kier alpha value is -2.72. The summed E-state index contributed by atoms with van der Waals surface area (Å²) in [6, 6.07) is 8.31. The quantitative estimate of drug-likeness (QED) is 0.637. The molecule has 10 heteroatoms. The lowest BCUT2D eigenvalue weighted by molar-refractivity contribution is -0.133. The fraction of sp³-hybridized carbons (Fsp3) is 0.286. The largest absolute Gasteiger partial charge is 0.356 e. The molecule has 8 nitrogen and oxygen atoms in total. The smallest absolute Gasteiger partial charge is 0.267 e. The van der Waals surface area contributed by atoms with E-state index in [0.717, 1.165) is 40.5 Å². The molecule has 0 unspecified atom stereocenters. The minimum atomic E-state index is -3.73. The second kappa shape index (κ2) is 9.19. The van der Waals surface area contributed by atoms with E-state index in [1.54, 1.807) is 47.6 Å². The molecular formula is C21H22BrN5O3S. The van der Waals surface area contributed by atoms with Crippen LogP contribution in [0.25, 0.3) is 0 Å². The second-order valence-electron chi connectivity index (χ2n) is 7.29. The molecule has 0 radical (unpaired) electrons. The van der Waals surface area contributed by atoms with E-state index in [1.165, 1.54) is 18.7 Å². The first kappa shape index (κ1) is 21.5. The van der Waals surface area contributed by atoms with Crippen molar-refractivity contribution in [2.45, 2.75) is 17.7 Å². The van der Waals surface area contributed by atoms with Gasteiger partial charge in [-0.3, -0.25) is 4.79 Å². The highest BCUT2D eigenvalue weighted by Gasteiger charge is 2.29. The molecule has 0 atom stereocenters. The van der Waals surface area contributed by atoms with Crippen LogP contribution in [0.2, 0.25) is 0 Å². The standard InChI is InChI=1S/C21H22BrN5O3S/c22-18-2-4-19(5-3-18)31(29,30)27-11-1-10-26(14-15-27)21(28)17-7-12-25(13-8-17)20-6-9-23-16-24-20/h1-6,9,11,14-17H,7-8,10,12-13H2. The van der Waals surface area contributed by atoms with Crippen LogP contribution in [0.1, 0.15) is 12.8 Å². The second-order valence-corrected chi connectivity index (χ2v) is 10.1. The highest BCUT2D eigenvalue weighted by molar-refractivity contribution is 9.10. The molecular weight excluding hydrogens is 482 g/mol. The Morgan fingerprint density at radius 1 is 1.03 bits per heavy atom. The molecule has 1 aromatic carbocycles. The van der Waals surface area contributed by atoms with E-state index < -0.39 is 10.0 Å². The van der Waals surface area contributed by atoms with Crippen LogP contribution in [0.4, 0.5) is 5.82 Å². The number of amides is 1. The molecule has 0 spiro atoms. The molecule has 4 rings (SSSR count). The number of carbonyl (C=O) groups is 1. The predicted molar refractivity (Wildman–Crippen MR) is 120 cm³/mol. The SMILES string of the molecule is O=C(C1CCN(c2ccncn2)CC1)N1C=CN(S(=O)(=O)c2ccc(Br)cc2)C=CC1. The van der Waals surface area contributed by atoms with E-state index in [0.29, 0.717) is 6.54 Å². The lowest BCUT2D eigenvalue weighted by Crippen LogP contribution is -2.41. The molecule has 0 N–H and O–H groups in total. The fourth-order valence-corrected chi connectivity index (χ4v) is 5.08. The van der Waals surface area contributed by atoms with Crippen LogP contribution < -0.4 is 4.90 Å². The molecule has 2 aromatic rings. The Balaban J connectivity index is 1.41. The van der Waals surface area contributed by atoms with Crippen LogP contribution in [0, 0.1) is 5.92 Å². The number of nitrogens with zero attached hydrogens (tertiary/aromatic N) is 5. The van der Waals surface area contributed by atoms with Gasteiger partial charge >= 0.3 is 0 Å². The number of carbonyl (C=O) groups excluding carboxylic acids is 1. The molecule has 2 aliphatic heterocycles. The van der Waals surface area contributed by atoms with Gasteiger partial charge in [0.25, 0.3) is 10.0 Å². The summed E-state index contributed by atoms with van der Waals surface area (Å²) in [4.78, 5) is 25.2. The van der Waals surface area contributed by atoms with E-state index in [4.69, 9.17) is 0 Å². The van der Waals surface area contributed by atoms with Crippen LogP contribution >= 0.6 is 15.9 Å². The van der Waals surface area contributed by atoms with Gasteiger partial charge < -0.3 is 9.80 Å². The molecule has 0 bridgehead atoms. The zero-order chi connectivity index (χ0) is 21.8. The molecule has 1 amide bonds. The van der Waals surface area contributed by atoms with Crippen molar-refractivity contribution < 1.29 is 13.2 Å². The van der Waals surface area contributed by atoms with Crippen LogP contribution in [0.5, 0.6) is 0 Å². The van der Waals surface area contributed by atoms with Gasteiger partial charge in [0.15, 0.2) is 0 Å². The van der Waals surface area contributed by atoms with Crippen molar-refractivity contribution >= 4 is 37.7 Å². The van der Waals surface area contributed by atoms with E-state index in [2.05, 4.69) is 30.8 Å². The first-order valence-corrected chi connectivity index (χ1v) is 12.1. The first-order chi connectivity index (χ1) is 14.9. The minimum absolute atomic E-state index is 0.00567. The van der Waals surface area contributed by atoms with Crippen molar-refractivity contribution in [3.63, 3.8) is 0 Å². The summed E-state index contributed by atoms with van der Waals surface area (Å²) in [5, 5.41) is 0. The van der Waals surface area contributed by atoms with Gasteiger partial charge in [0, 0.05) is 54.8 Å². The average Bonchev–Trinajstić information content (AvgIpc) is 3.07. The molecule has 3 heterocycles. The number of piperidine rings is 1. The zero-order valence-corrected chi connectivity index (χ0v) is 19.1. The summed E-state index contributed by atoms with van der Waals surface area (Å²) in [6.07, 6.45) is 10.8. The number of aromatic nitrogens is 2. The number of halogens is 1. The number of hydrogen-bond donors (Lipinski definition) is 0. The van der Waals surface area contributed by atoms with Gasteiger partial charge in [-0.1, -0.05) is 15.9 Å². The molecule has 162 valence electrons. The minimum Gasteiger partial charge on any atom is -0.356 e. The predicted octanol–water partition coefficient (Wildman–Crippen LogP) is 2.97. The van der Waals surface area contributed by atoms with Crippen LogP contribution in [0.3, 0.4) is 0 Å². The van der Waals surface area contributed by atoms with E-state index >= 15 is 0 Å². The van der Waals surface area contributed by atoms with Gasteiger partial charge in [0.1, 0.15) is 12.1 Å². The third kappa shape index (κ3) is 4.80. The van der Waals surface area contributed by atoms with Crippen molar-refractivity contribution in [1.29, 1.82) is 0 Å². The van der Waals surface area contributed by atoms with E-state index in [-0.39, 0.29) is 16.7 Å². The normalized spacial score (nSPS) is 17.6. The topological polar surface area (TPSA) is 86.7 Å². The molecule has 1 fully saturated rings. The molecule has 0 aliphatic carbocycles. The third-order valence-electron chi connectivity index (χ3n) is 5.35. The fourth-order valence-electron chi connectivity index (χ4n) is 3.63. The summed E-state index contributed by atoms with van der Waals surface area (Å²) in [7, 11) is -3.73. The number of sulfonamides is 1. The van der Waals surface area contributed by atoms with Crippen molar-refractivity contribution in [3.8, 4) is 0 Å². The Morgan fingerprint density at radius 2 is 1.77 bits per heavy atom. The highest BCUT2D eigenvalue weighted by Crippen LogP contribution is 2.25.